The third kappa shape index (κ3) is 2.64. The second-order valence-electron chi connectivity index (χ2n) is 6.15. The van der Waals surface area contributed by atoms with Crippen LogP contribution in [-0.2, 0) is 12.8 Å². The zero-order valence-corrected chi connectivity index (χ0v) is 13.8. The molecule has 0 unspecified atom stereocenters. The number of rotatable bonds is 4. The van der Waals surface area contributed by atoms with Crippen LogP contribution in [0.3, 0.4) is 0 Å². The normalized spacial score (nSPS) is 13.1. The first kappa shape index (κ1) is 16.1. The van der Waals surface area contributed by atoms with Crippen molar-refractivity contribution in [1.82, 2.24) is 4.98 Å². The Morgan fingerprint density at radius 1 is 1.42 bits per heavy atom. The van der Waals surface area contributed by atoms with Gasteiger partial charge in [-0.2, -0.15) is 0 Å². The van der Waals surface area contributed by atoms with Gasteiger partial charge in [0, 0.05) is 23.7 Å². The van der Waals surface area contributed by atoms with Gasteiger partial charge in [0.1, 0.15) is 5.82 Å². The van der Waals surface area contributed by atoms with Crippen molar-refractivity contribution in [2.75, 3.05) is 0 Å². The summed E-state index contributed by atoms with van der Waals surface area (Å²) in [5, 5.41) is 0. The summed E-state index contributed by atoms with van der Waals surface area (Å²) in [5.74, 6) is -0.981. The summed E-state index contributed by atoms with van der Waals surface area (Å²) in [6.45, 7) is 7.68. The quantitative estimate of drug-likeness (QED) is 0.928. The van der Waals surface area contributed by atoms with Crippen LogP contribution >= 0.6 is 0 Å². The largest absolute Gasteiger partial charge is 0.366 e. The predicted molar refractivity (Wildman–Crippen MR) is 94.0 cm³/mol. The number of primary amides is 1. The van der Waals surface area contributed by atoms with E-state index >= 15 is 0 Å². The van der Waals surface area contributed by atoms with E-state index in [1.165, 1.54) is 6.07 Å². The van der Waals surface area contributed by atoms with Gasteiger partial charge in [0.15, 0.2) is 0 Å². The summed E-state index contributed by atoms with van der Waals surface area (Å²) in [6.07, 6.45) is 4.42. The molecular formula is C20H19FN2O. The Morgan fingerprint density at radius 3 is 2.83 bits per heavy atom. The van der Waals surface area contributed by atoms with E-state index in [4.69, 9.17) is 5.73 Å². The minimum Gasteiger partial charge on any atom is -0.366 e. The molecule has 1 aromatic carbocycles. The number of carbonyl (C=O) groups is 1. The van der Waals surface area contributed by atoms with Crippen LogP contribution in [0, 0.1) is 5.82 Å². The summed E-state index contributed by atoms with van der Waals surface area (Å²) < 4.78 is 14.8. The highest BCUT2D eigenvalue weighted by Gasteiger charge is 2.27. The van der Waals surface area contributed by atoms with Crippen LogP contribution in [0.1, 0.15) is 52.2 Å². The molecule has 0 saturated carbocycles. The first-order valence-electron chi connectivity index (χ1n) is 7.80. The predicted octanol–water partition coefficient (Wildman–Crippen LogP) is 3.90. The summed E-state index contributed by atoms with van der Waals surface area (Å²) in [5.41, 5.74) is 11.9. The molecule has 4 heteroatoms. The van der Waals surface area contributed by atoms with E-state index in [1.54, 1.807) is 12.3 Å². The number of nitrogens with zero attached hydrogens (tertiary/aromatic N) is 1. The summed E-state index contributed by atoms with van der Waals surface area (Å²) in [6, 6.07) is 5.03. The molecule has 2 N–H and O–H groups in total. The lowest BCUT2D eigenvalue weighted by Crippen LogP contribution is -2.16. The number of pyridine rings is 1. The number of benzene rings is 1. The van der Waals surface area contributed by atoms with E-state index in [2.05, 4.69) is 11.6 Å². The minimum atomic E-state index is -0.586. The molecule has 122 valence electrons. The van der Waals surface area contributed by atoms with Crippen LogP contribution < -0.4 is 5.73 Å². The molecular weight excluding hydrogens is 303 g/mol. The average molecular weight is 322 g/mol. The van der Waals surface area contributed by atoms with Crippen LogP contribution in [0.15, 0.2) is 36.5 Å². The van der Waals surface area contributed by atoms with Gasteiger partial charge in [-0.15, -0.1) is 0 Å². The zero-order valence-electron chi connectivity index (χ0n) is 13.8. The number of allylic oxidation sites excluding steroid dienone is 2. The van der Waals surface area contributed by atoms with Crippen LogP contribution in [0.25, 0.3) is 11.6 Å². The second-order valence-corrected chi connectivity index (χ2v) is 6.15. The molecule has 3 nitrogen and oxygen atoms in total. The lowest BCUT2D eigenvalue weighted by molar-refractivity contribution is 0.0999. The SMILES string of the molecule is C=Cc1cc(Cc2c(F)cc(C(N)=O)c3c2C(C)=C(C)C3)ccn1. The van der Waals surface area contributed by atoms with Crippen molar-refractivity contribution in [3.8, 4) is 0 Å². The van der Waals surface area contributed by atoms with Crippen molar-refractivity contribution in [3.63, 3.8) is 0 Å². The highest BCUT2D eigenvalue weighted by Crippen LogP contribution is 2.39. The lowest BCUT2D eigenvalue weighted by atomic mass is 9.91. The molecule has 1 aliphatic rings. The van der Waals surface area contributed by atoms with Crippen molar-refractivity contribution in [2.24, 2.45) is 5.73 Å². The average Bonchev–Trinajstić information content (AvgIpc) is 2.85. The van der Waals surface area contributed by atoms with Crippen molar-refractivity contribution in [1.29, 1.82) is 0 Å². The van der Waals surface area contributed by atoms with Crippen LogP contribution in [0.4, 0.5) is 4.39 Å². The van der Waals surface area contributed by atoms with Gasteiger partial charge < -0.3 is 5.73 Å². The molecule has 0 bridgehead atoms. The Hall–Kier alpha value is -2.75. The van der Waals surface area contributed by atoms with Crippen LogP contribution in [0.5, 0.6) is 0 Å². The fraction of sp³-hybridized carbons (Fsp3) is 0.200. The molecule has 0 radical (unpaired) electrons. The first-order chi connectivity index (χ1) is 11.4. The van der Waals surface area contributed by atoms with Crippen LogP contribution in [0.2, 0.25) is 0 Å². The molecule has 1 heterocycles. The fourth-order valence-electron chi connectivity index (χ4n) is 3.30. The highest BCUT2D eigenvalue weighted by atomic mass is 19.1. The Kier molecular flexibility index (Phi) is 4.06. The number of hydrogen-bond acceptors (Lipinski definition) is 2. The number of aromatic nitrogens is 1. The second kappa shape index (κ2) is 6.04. The van der Waals surface area contributed by atoms with Gasteiger partial charge in [0.2, 0.25) is 5.91 Å². The van der Waals surface area contributed by atoms with E-state index in [0.29, 0.717) is 18.4 Å². The number of hydrogen-bond donors (Lipinski definition) is 1. The minimum absolute atomic E-state index is 0.281. The third-order valence-electron chi connectivity index (χ3n) is 4.65. The van der Waals surface area contributed by atoms with Gasteiger partial charge in [0.05, 0.1) is 5.69 Å². The zero-order chi connectivity index (χ0) is 17.4. The summed E-state index contributed by atoms with van der Waals surface area (Å²) >= 11 is 0. The standard InChI is InChI=1S/C20H19FN2O/c1-4-14-8-13(5-6-23-14)9-17-18(21)10-16(20(22)24)15-7-11(2)12(3)19(15)17/h4-6,8,10H,1,7,9H2,2-3H3,(H2,22,24). The number of nitrogens with two attached hydrogens (primary N) is 1. The van der Waals surface area contributed by atoms with Gasteiger partial charge in [-0.25, -0.2) is 4.39 Å². The monoisotopic (exact) mass is 322 g/mol. The maximum absolute atomic E-state index is 14.8. The van der Waals surface area contributed by atoms with Crippen molar-refractivity contribution < 1.29 is 9.18 Å². The van der Waals surface area contributed by atoms with Gasteiger partial charge in [0.25, 0.3) is 0 Å². The molecule has 3 rings (SSSR count). The molecule has 0 spiro atoms. The lowest BCUT2D eigenvalue weighted by Gasteiger charge is -2.15. The number of carbonyl (C=O) groups excluding carboxylic acids is 1. The topological polar surface area (TPSA) is 56.0 Å². The van der Waals surface area contributed by atoms with Gasteiger partial charge in [-0.3, -0.25) is 9.78 Å². The molecule has 1 aliphatic carbocycles. The molecule has 0 atom stereocenters. The molecule has 2 aromatic rings. The molecule has 24 heavy (non-hydrogen) atoms. The maximum atomic E-state index is 14.8. The van der Waals surface area contributed by atoms with E-state index in [1.807, 2.05) is 26.0 Å². The summed E-state index contributed by atoms with van der Waals surface area (Å²) in [7, 11) is 0. The van der Waals surface area contributed by atoms with Crippen molar-refractivity contribution in [3.05, 3.63) is 75.9 Å². The number of amides is 1. The van der Waals surface area contributed by atoms with Gasteiger partial charge in [-0.1, -0.05) is 12.2 Å². The Labute approximate surface area is 140 Å². The van der Waals surface area contributed by atoms with E-state index in [0.717, 1.165) is 33.5 Å². The van der Waals surface area contributed by atoms with Crippen molar-refractivity contribution in [2.45, 2.75) is 26.7 Å². The number of fused-ring (bicyclic) bond motifs is 1. The molecule has 0 fully saturated rings. The molecule has 0 aliphatic heterocycles. The fourth-order valence-corrected chi connectivity index (χ4v) is 3.30. The Morgan fingerprint density at radius 2 is 2.17 bits per heavy atom. The molecule has 1 amide bonds. The Balaban J connectivity index is 2.16. The van der Waals surface area contributed by atoms with E-state index in [-0.39, 0.29) is 5.56 Å². The Bertz CT molecular complexity index is 897. The maximum Gasteiger partial charge on any atom is 0.249 e. The van der Waals surface area contributed by atoms with Crippen molar-refractivity contribution >= 4 is 17.6 Å². The molecule has 1 aromatic heterocycles. The van der Waals surface area contributed by atoms with Gasteiger partial charge in [-0.05, 0) is 66.8 Å². The number of halogens is 1. The van der Waals surface area contributed by atoms with Crippen LogP contribution in [-0.4, -0.2) is 10.9 Å². The van der Waals surface area contributed by atoms with E-state index < -0.39 is 11.7 Å². The highest BCUT2D eigenvalue weighted by molar-refractivity contribution is 5.97. The third-order valence-corrected chi connectivity index (χ3v) is 4.65. The first-order valence-corrected chi connectivity index (χ1v) is 7.80. The smallest absolute Gasteiger partial charge is 0.249 e. The van der Waals surface area contributed by atoms with Gasteiger partial charge >= 0.3 is 0 Å². The summed E-state index contributed by atoms with van der Waals surface area (Å²) in [4.78, 5) is 15.9. The molecule has 0 saturated heterocycles. The van der Waals surface area contributed by atoms with E-state index in [9.17, 15) is 9.18 Å².